The molecule has 3 heteroatoms. The Morgan fingerprint density at radius 3 is 2.75 bits per heavy atom. The number of benzene rings is 2. The van der Waals surface area contributed by atoms with E-state index in [2.05, 4.69) is 29.3 Å². The number of hydrogen-bond acceptors (Lipinski definition) is 3. The molecule has 1 aromatic heterocycles. The number of aromatic nitrogens is 1. The van der Waals surface area contributed by atoms with E-state index in [1.807, 2.05) is 42.6 Å². The quantitative estimate of drug-likeness (QED) is 0.638. The molecule has 0 bridgehead atoms. The van der Waals surface area contributed by atoms with Crippen molar-refractivity contribution in [3.05, 3.63) is 64.1 Å². The molecule has 0 saturated heterocycles. The van der Waals surface area contributed by atoms with Gasteiger partial charge in [0.1, 0.15) is 11.1 Å². The van der Waals surface area contributed by atoms with Gasteiger partial charge >= 0.3 is 0 Å². The monoisotopic (exact) mass is 276 g/mol. The highest BCUT2D eigenvalue weighted by molar-refractivity contribution is 7.11. The average Bonchev–Trinajstić information content (AvgIpc) is 2.91. The maximum atomic E-state index is 9.37. The minimum atomic E-state index is 0.611. The summed E-state index contributed by atoms with van der Waals surface area (Å²) in [4.78, 5) is 4.39. The number of nitriles is 1. The molecule has 0 aliphatic rings. The Morgan fingerprint density at radius 2 is 2.00 bits per heavy atom. The molecule has 3 rings (SSSR count). The van der Waals surface area contributed by atoms with Gasteiger partial charge in [-0.05, 0) is 29.3 Å². The topological polar surface area (TPSA) is 36.7 Å². The van der Waals surface area contributed by atoms with Gasteiger partial charge in [0, 0.05) is 11.1 Å². The highest BCUT2D eigenvalue weighted by Gasteiger charge is 2.06. The maximum absolute atomic E-state index is 9.37. The molecule has 0 aliphatic carbocycles. The Kier molecular flexibility index (Phi) is 3.32. The smallest absolute Gasteiger partial charge is 0.134 e. The van der Waals surface area contributed by atoms with E-state index < -0.39 is 0 Å². The maximum Gasteiger partial charge on any atom is 0.134 e. The van der Waals surface area contributed by atoms with E-state index in [1.165, 1.54) is 16.7 Å². The van der Waals surface area contributed by atoms with Crippen molar-refractivity contribution in [3.8, 4) is 6.07 Å². The van der Waals surface area contributed by atoms with Crippen LogP contribution in [-0.4, -0.2) is 4.98 Å². The van der Waals surface area contributed by atoms with E-state index in [1.54, 1.807) is 0 Å². The number of aryl methyl sites for hydroxylation is 1. The van der Waals surface area contributed by atoms with Gasteiger partial charge in [0.2, 0.25) is 0 Å². The van der Waals surface area contributed by atoms with Crippen LogP contribution in [0.5, 0.6) is 0 Å². The molecule has 0 unspecified atom stereocenters. The lowest BCUT2D eigenvalue weighted by molar-refractivity contribution is 1.25. The zero-order chi connectivity index (χ0) is 13.9. The van der Waals surface area contributed by atoms with Crippen LogP contribution in [0.25, 0.3) is 22.4 Å². The van der Waals surface area contributed by atoms with Gasteiger partial charge in [-0.25, -0.2) is 4.98 Å². The summed E-state index contributed by atoms with van der Waals surface area (Å²) in [6.45, 7) is 1.94. The molecular weight excluding hydrogens is 264 g/mol. The van der Waals surface area contributed by atoms with Crippen molar-refractivity contribution in [2.75, 3.05) is 0 Å². The van der Waals surface area contributed by atoms with Crippen molar-refractivity contribution in [3.63, 3.8) is 0 Å². The standard InChI is InChI=1S/C17H12N2S/c1-12-11-20-17(19-12)15(10-18)9-14-7-4-6-13-5-2-3-8-16(13)14/h2-9,11H,1H3/b15-9+. The Bertz CT molecular complexity index is 832. The van der Waals surface area contributed by atoms with Gasteiger partial charge in [0.05, 0.1) is 5.57 Å². The first kappa shape index (κ1) is 12.6. The fourth-order valence-corrected chi connectivity index (χ4v) is 2.91. The van der Waals surface area contributed by atoms with Gasteiger partial charge in [-0.1, -0.05) is 42.5 Å². The van der Waals surface area contributed by atoms with Crippen molar-refractivity contribution in [2.45, 2.75) is 6.92 Å². The molecule has 3 aromatic rings. The third-order valence-corrected chi connectivity index (χ3v) is 4.09. The Labute approximate surface area is 121 Å². The Hall–Kier alpha value is -2.44. The summed E-state index contributed by atoms with van der Waals surface area (Å²) in [7, 11) is 0. The lowest BCUT2D eigenvalue weighted by atomic mass is 10.0. The summed E-state index contributed by atoms with van der Waals surface area (Å²) in [6, 6.07) is 16.5. The Balaban J connectivity index is 2.16. The van der Waals surface area contributed by atoms with Gasteiger partial charge in [-0.2, -0.15) is 5.26 Å². The first-order chi connectivity index (χ1) is 9.78. The lowest BCUT2D eigenvalue weighted by Gasteiger charge is -2.02. The third-order valence-electron chi connectivity index (χ3n) is 3.09. The van der Waals surface area contributed by atoms with Crippen LogP contribution in [0.2, 0.25) is 0 Å². The summed E-state index contributed by atoms with van der Waals surface area (Å²) in [5.41, 5.74) is 2.61. The van der Waals surface area contributed by atoms with Crippen LogP contribution < -0.4 is 0 Å². The van der Waals surface area contributed by atoms with Crippen molar-refractivity contribution < 1.29 is 0 Å². The van der Waals surface area contributed by atoms with Crippen molar-refractivity contribution in [1.82, 2.24) is 4.98 Å². The van der Waals surface area contributed by atoms with Gasteiger partial charge in [-0.3, -0.25) is 0 Å². The molecular formula is C17H12N2S. The summed E-state index contributed by atoms with van der Waals surface area (Å²) in [5.74, 6) is 0. The minimum absolute atomic E-state index is 0.611. The van der Waals surface area contributed by atoms with Crippen LogP contribution in [-0.2, 0) is 0 Å². The first-order valence-electron chi connectivity index (χ1n) is 6.30. The van der Waals surface area contributed by atoms with Crippen LogP contribution >= 0.6 is 11.3 Å². The number of thiazole rings is 1. The van der Waals surface area contributed by atoms with Crippen LogP contribution in [0.4, 0.5) is 0 Å². The average molecular weight is 276 g/mol. The van der Waals surface area contributed by atoms with Crippen molar-refractivity contribution in [1.29, 1.82) is 5.26 Å². The number of fused-ring (bicyclic) bond motifs is 1. The number of allylic oxidation sites excluding steroid dienone is 1. The van der Waals surface area contributed by atoms with Crippen LogP contribution in [0, 0.1) is 18.3 Å². The van der Waals surface area contributed by atoms with E-state index in [4.69, 9.17) is 0 Å². The molecule has 96 valence electrons. The zero-order valence-electron chi connectivity index (χ0n) is 11.0. The largest absolute Gasteiger partial charge is 0.241 e. The molecule has 1 heterocycles. The molecule has 0 atom stereocenters. The van der Waals surface area contributed by atoms with E-state index >= 15 is 0 Å². The Morgan fingerprint density at radius 1 is 1.20 bits per heavy atom. The molecule has 0 radical (unpaired) electrons. The van der Waals surface area contributed by atoms with Crippen LogP contribution in [0.15, 0.2) is 47.8 Å². The normalized spacial score (nSPS) is 11.5. The van der Waals surface area contributed by atoms with E-state index in [9.17, 15) is 5.26 Å². The molecule has 0 fully saturated rings. The van der Waals surface area contributed by atoms with Gasteiger partial charge in [0.25, 0.3) is 0 Å². The third kappa shape index (κ3) is 2.34. The molecule has 0 saturated carbocycles. The van der Waals surface area contributed by atoms with Crippen LogP contribution in [0.1, 0.15) is 16.3 Å². The highest BCUT2D eigenvalue weighted by Crippen LogP contribution is 2.25. The van der Waals surface area contributed by atoms with Crippen LogP contribution in [0.3, 0.4) is 0 Å². The SMILES string of the molecule is Cc1csc(/C(C#N)=C/c2cccc3ccccc23)n1. The summed E-state index contributed by atoms with van der Waals surface area (Å²) >= 11 is 1.50. The van der Waals surface area contributed by atoms with E-state index in [-0.39, 0.29) is 0 Å². The minimum Gasteiger partial charge on any atom is -0.241 e. The fraction of sp³-hybridized carbons (Fsp3) is 0.0588. The van der Waals surface area contributed by atoms with Crippen molar-refractivity contribution in [2.24, 2.45) is 0 Å². The summed E-state index contributed by atoms with van der Waals surface area (Å²) in [5, 5.41) is 14.4. The summed E-state index contributed by atoms with van der Waals surface area (Å²) in [6.07, 6.45) is 1.92. The molecule has 0 N–H and O–H groups in total. The predicted octanol–water partition coefficient (Wildman–Crippen LogP) is 4.67. The first-order valence-corrected chi connectivity index (χ1v) is 7.18. The van der Waals surface area contributed by atoms with Gasteiger partial charge < -0.3 is 0 Å². The van der Waals surface area contributed by atoms with E-state index in [0.717, 1.165) is 21.7 Å². The van der Waals surface area contributed by atoms with E-state index in [0.29, 0.717) is 5.57 Å². The molecule has 20 heavy (non-hydrogen) atoms. The second kappa shape index (κ2) is 5.28. The van der Waals surface area contributed by atoms with Gasteiger partial charge in [-0.15, -0.1) is 11.3 Å². The van der Waals surface area contributed by atoms with Crippen molar-refractivity contribution >= 4 is 33.8 Å². The lowest BCUT2D eigenvalue weighted by Crippen LogP contribution is -1.83. The number of hydrogen-bond donors (Lipinski definition) is 0. The molecule has 0 spiro atoms. The molecule has 0 aliphatic heterocycles. The second-order valence-electron chi connectivity index (χ2n) is 4.53. The number of rotatable bonds is 2. The molecule has 2 aromatic carbocycles. The highest BCUT2D eigenvalue weighted by atomic mass is 32.1. The number of nitrogens with zero attached hydrogens (tertiary/aromatic N) is 2. The zero-order valence-corrected chi connectivity index (χ0v) is 11.8. The molecule has 2 nitrogen and oxygen atoms in total. The fourth-order valence-electron chi connectivity index (χ4n) is 2.15. The predicted molar refractivity (Wildman–Crippen MR) is 84.3 cm³/mol. The summed E-state index contributed by atoms with van der Waals surface area (Å²) < 4.78 is 0. The van der Waals surface area contributed by atoms with Gasteiger partial charge in [0.15, 0.2) is 0 Å². The molecule has 0 amide bonds. The second-order valence-corrected chi connectivity index (χ2v) is 5.39.